The maximum atomic E-state index is 11.4. The molecule has 0 heterocycles. The van der Waals surface area contributed by atoms with E-state index in [1.165, 1.54) is 0 Å². The van der Waals surface area contributed by atoms with E-state index in [4.69, 9.17) is 5.73 Å². The number of nitrogens with one attached hydrogen (secondary N) is 1. The first-order valence-electron chi connectivity index (χ1n) is 5.71. The topological polar surface area (TPSA) is 58.4 Å². The summed E-state index contributed by atoms with van der Waals surface area (Å²) in [7, 11) is 0. The number of nitrogens with zero attached hydrogens (tertiary/aromatic N) is 1. The molecule has 0 aromatic carbocycles. The first-order valence-corrected chi connectivity index (χ1v) is 5.71. The normalized spacial score (nSPS) is 10.5. The van der Waals surface area contributed by atoms with E-state index in [1.807, 2.05) is 0 Å². The van der Waals surface area contributed by atoms with Gasteiger partial charge in [0.05, 0.1) is 5.54 Å². The van der Waals surface area contributed by atoms with Crippen molar-refractivity contribution in [1.29, 1.82) is 0 Å². The van der Waals surface area contributed by atoms with Gasteiger partial charge < -0.3 is 16.0 Å². The maximum absolute atomic E-state index is 11.4. The highest BCUT2D eigenvalue weighted by atomic mass is 35.5. The lowest BCUT2D eigenvalue weighted by molar-refractivity contribution is -0.125. The van der Waals surface area contributed by atoms with Gasteiger partial charge in [0.25, 0.3) is 0 Å². The van der Waals surface area contributed by atoms with Crippen LogP contribution in [0.3, 0.4) is 0 Å². The number of carbonyl (C=O) groups excluding carboxylic acids is 1. The molecule has 0 rings (SSSR count). The molecule has 0 atom stereocenters. The van der Waals surface area contributed by atoms with Gasteiger partial charge in [-0.3, -0.25) is 4.79 Å². The van der Waals surface area contributed by atoms with Crippen molar-refractivity contribution in [2.24, 2.45) is 5.73 Å². The van der Waals surface area contributed by atoms with Gasteiger partial charge in [0.2, 0.25) is 5.91 Å². The Morgan fingerprint density at radius 3 is 2.06 bits per heavy atom. The Bertz CT molecular complexity index is 192. The summed E-state index contributed by atoms with van der Waals surface area (Å²) in [6.07, 6.45) is 0.976. The predicted octanol–water partition coefficient (Wildman–Crippen LogP) is 1.42. The number of hydrogen-bond acceptors (Lipinski definition) is 3. The van der Waals surface area contributed by atoms with E-state index in [1.54, 1.807) is 13.8 Å². The van der Waals surface area contributed by atoms with Crippen LogP contribution in [-0.4, -0.2) is 42.5 Å². The minimum absolute atomic E-state index is 0. The molecule has 3 N–H and O–H groups in total. The Hall–Kier alpha value is -0.0300. The summed E-state index contributed by atoms with van der Waals surface area (Å²) in [4.78, 5) is 13.7. The summed E-state index contributed by atoms with van der Waals surface area (Å²) in [5.74, 6) is -0.0814. The number of amides is 1. The summed E-state index contributed by atoms with van der Waals surface area (Å²) >= 11 is 0. The van der Waals surface area contributed by atoms with Crippen molar-refractivity contribution in [3.8, 4) is 0 Å². The quantitative estimate of drug-likeness (QED) is 0.697. The van der Waals surface area contributed by atoms with Crippen molar-refractivity contribution < 1.29 is 4.79 Å². The molecule has 4 nitrogen and oxygen atoms in total. The molecule has 0 aromatic heterocycles. The average molecular weight is 288 g/mol. The van der Waals surface area contributed by atoms with Gasteiger partial charge in [-0.25, -0.2) is 0 Å². The summed E-state index contributed by atoms with van der Waals surface area (Å²) in [6.45, 7) is 11.6. The first kappa shape index (κ1) is 22.2. The molecule has 0 unspecified atom stereocenters. The van der Waals surface area contributed by atoms with Crippen LogP contribution in [0.2, 0.25) is 0 Å². The predicted molar refractivity (Wildman–Crippen MR) is 78.2 cm³/mol. The lowest BCUT2D eigenvalue weighted by Gasteiger charge is -2.20. The molecule has 0 fully saturated rings. The Morgan fingerprint density at radius 1 is 1.24 bits per heavy atom. The minimum Gasteiger partial charge on any atom is -0.354 e. The van der Waals surface area contributed by atoms with Crippen molar-refractivity contribution in [2.75, 3.05) is 26.2 Å². The molecule has 0 saturated carbocycles. The number of nitrogens with two attached hydrogens (primary N) is 1. The number of carbonyl (C=O) groups is 1. The molecule has 0 aliphatic rings. The van der Waals surface area contributed by atoms with Crippen molar-refractivity contribution in [1.82, 2.24) is 10.2 Å². The van der Waals surface area contributed by atoms with Gasteiger partial charge in [-0.15, -0.1) is 24.8 Å². The van der Waals surface area contributed by atoms with Crippen molar-refractivity contribution in [2.45, 2.75) is 39.7 Å². The van der Waals surface area contributed by atoms with Crippen molar-refractivity contribution in [3.63, 3.8) is 0 Å². The Morgan fingerprint density at radius 2 is 1.71 bits per heavy atom. The summed E-state index contributed by atoms with van der Waals surface area (Å²) in [5.41, 5.74) is 4.88. The first-order chi connectivity index (χ1) is 6.91. The van der Waals surface area contributed by atoms with Crippen LogP contribution in [0.1, 0.15) is 34.1 Å². The Balaban J connectivity index is -0.000000980. The van der Waals surface area contributed by atoms with Crippen LogP contribution in [-0.2, 0) is 4.79 Å². The highest BCUT2D eigenvalue weighted by molar-refractivity contribution is 5.85. The largest absolute Gasteiger partial charge is 0.354 e. The molecule has 0 radical (unpaired) electrons. The summed E-state index contributed by atoms with van der Waals surface area (Å²) < 4.78 is 0. The van der Waals surface area contributed by atoms with Crippen molar-refractivity contribution >= 4 is 30.7 Å². The number of rotatable bonds is 7. The SMILES string of the molecule is CCN(CC)CCCNC(=O)C(C)(C)N.Cl.Cl. The van der Waals surface area contributed by atoms with Gasteiger partial charge in [0.15, 0.2) is 0 Å². The molecule has 6 heteroatoms. The zero-order valence-electron chi connectivity index (χ0n) is 11.3. The Labute approximate surface area is 118 Å². The fraction of sp³-hybridized carbons (Fsp3) is 0.909. The van der Waals surface area contributed by atoms with Crippen LogP contribution in [0.5, 0.6) is 0 Å². The molecule has 0 aliphatic heterocycles. The van der Waals surface area contributed by atoms with Gasteiger partial charge in [0, 0.05) is 6.54 Å². The molecule has 0 saturated heterocycles. The van der Waals surface area contributed by atoms with Gasteiger partial charge in [-0.05, 0) is 39.9 Å². The van der Waals surface area contributed by atoms with E-state index in [2.05, 4.69) is 24.1 Å². The highest BCUT2D eigenvalue weighted by Crippen LogP contribution is 1.96. The molecule has 106 valence electrons. The molecule has 0 bridgehead atoms. The van der Waals surface area contributed by atoms with E-state index >= 15 is 0 Å². The van der Waals surface area contributed by atoms with E-state index < -0.39 is 5.54 Å². The average Bonchev–Trinajstić information content (AvgIpc) is 2.16. The molecule has 0 aliphatic carbocycles. The fourth-order valence-corrected chi connectivity index (χ4v) is 1.27. The zero-order valence-corrected chi connectivity index (χ0v) is 12.9. The second-order valence-corrected chi connectivity index (χ2v) is 4.36. The smallest absolute Gasteiger partial charge is 0.239 e. The fourth-order valence-electron chi connectivity index (χ4n) is 1.27. The van der Waals surface area contributed by atoms with E-state index in [0.29, 0.717) is 6.54 Å². The highest BCUT2D eigenvalue weighted by Gasteiger charge is 2.20. The van der Waals surface area contributed by atoms with Crippen LogP contribution < -0.4 is 11.1 Å². The van der Waals surface area contributed by atoms with Crippen LogP contribution in [0.25, 0.3) is 0 Å². The third kappa shape index (κ3) is 10.8. The molecule has 0 spiro atoms. The van der Waals surface area contributed by atoms with Crippen LogP contribution in [0, 0.1) is 0 Å². The Kier molecular flexibility index (Phi) is 14.5. The third-order valence-electron chi connectivity index (χ3n) is 2.42. The van der Waals surface area contributed by atoms with Gasteiger partial charge in [-0.2, -0.15) is 0 Å². The molecule has 1 amide bonds. The minimum atomic E-state index is -0.769. The standard InChI is InChI=1S/C11H25N3O.2ClH/c1-5-14(6-2)9-7-8-13-10(15)11(3,4)12;;/h5-9,12H2,1-4H3,(H,13,15);2*1H. The zero-order chi connectivity index (χ0) is 11.9. The third-order valence-corrected chi connectivity index (χ3v) is 2.42. The lowest BCUT2D eigenvalue weighted by atomic mass is 10.1. The second kappa shape index (κ2) is 11.1. The summed E-state index contributed by atoms with van der Waals surface area (Å²) in [6, 6.07) is 0. The van der Waals surface area contributed by atoms with Crippen LogP contribution in [0.15, 0.2) is 0 Å². The van der Waals surface area contributed by atoms with Gasteiger partial charge in [-0.1, -0.05) is 13.8 Å². The van der Waals surface area contributed by atoms with Crippen LogP contribution >= 0.6 is 24.8 Å². The molecule has 0 aromatic rings. The monoisotopic (exact) mass is 287 g/mol. The van der Waals surface area contributed by atoms with E-state index in [9.17, 15) is 4.79 Å². The van der Waals surface area contributed by atoms with Crippen molar-refractivity contribution in [3.05, 3.63) is 0 Å². The second-order valence-electron chi connectivity index (χ2n) is 4.36. The van der Waals surface area contributed by atoms with Gasteiger partial charge in [0.1, 0.15) is 0 Å². The van der Waals surface area contributed by atoms with E-state index in [-0.39, 0.29) is 30.7 Å². The number of hydrogen-bond donors (Lipinski definition) is 2. The molecule has 17 heavy (non-hydrogen) atoms. The molecular weight excluding hydrogens is 261 g/mol. The maximum Gasteiger partial charge on any atom is 0.239 e. The molecular formula is C11H27Cl2N3O. The lowest BCUT2D eigenvalue weighted by Crippen LogP contribution is -2.49. The van der Waals surface area contributed by atoms with Crippen LogP contribution in [0.4, 0.5) is 0 Å². The van der Waals surface area contributed by atoms with E-state index in [0.717, 1.165) is 26.1 Å². The number of halogens is 2. The van der Waals surface area contributed by atoms with Gasteiger partial charge >= 0.3 is 0 Å². The summed E-state index contributed by atoms with van der Waals surface area (Å²) in [5, 5.41) is 2.84.